The lowest BCUT2D eigenvalue weighted by Crippen LogP contribution is -1.99. The molecular weight excluding hydrogens is 280 g/mol. The lowest BCUT2D eigenvalue weighted by atomic mass is 9.96. The van der Waals surface area contributed by atoms with Crippen molar-refractivity contribution < 1.29 is 0 Å². The zero-order valence-corrected chi connectivity index (χ0v) is 13.4. The van der Waals surface area contributed by atoms with E-state index < -0.39 is 0 Å². The van der Waals surface area contributed by atoms with Crippen LogP contribution in [0.15, 0.2) is 24.3 Å². The highest BCUT2D eigenvalue weighted by molar-refractivity contribution is 7.21. The molecule has 2 N–H and O–H groups in total. The fourth-order valence-electron chi connectivity index (χ4n) is 2.72. The average Bonchev–Trinajstić information content (AvgIpc) is 3.02. The molecule has 0 saturated heterocycles. The Morgan fingerprint density at radius 2 is 1.95 bits per heavy atom. The Labute approximate surface area is 128 Å². The van der Waals surface area contributed by atoms with E-state index in [0.717, 1.165) is 34.6 Å². The first-order chi connectivity index (χ1) is 10.2. The Balaban J connectivity index is 2.20. The van der Waals surface area contributed by atoms with Crippen LogP contribution in [0.4, 0.5) is 5.82 Å². The van der Waals surface area contributed by atoms with E-state index in [0.29, 0.717) is 11.7 Å². The number of fused-ring (bicyclic) bond motifs is 1. The number of hydrogen-bond donors (Lipinski definition) is 1. The number of nitrogen functional groups attached to an aromatic ring is 1. The van der Waals surface area contributed by atoms with Gasteiger partial charge in [0.1, 0.15) is 10.8 Å². The predicted octanol–water partition coefficient (Wildman–Crippen LogP) is 4.18. The van der Waals surface area contributed by atoms with Gasteiger partial charge >= 0.3 is 0 Å². The largest absolute Gasteiger partial charge is 0.383 e. The van der Waals surface area contributed by atoms with Gasteiger partial charge in [0, 0.05) is 13.0 Å². The summed E-state index contributed by atoms with van der Waals surface area (Å²) in [6, 6.07) is 8.19. The molecule has 0 radical (unpaired) electrons. The van der Waals surface area contributed by atoms with Crippen LogP contribution in [-0.2, 0) is 7.05 Å². The van der Waals surface area contributed by atoms with Crippen molar-refractivity contribution in [2.24, 2.45) is 7.05 Å². The molecule has 0 atom stereocenters. The fraction of sp³-hybridized carbons (Fsp3) is 0.375. The summed E-state index contributed by atoms with van der Waals surface area (Å²) in [4.78, 5) is 4.75. The first kappa shape index (κ1) is 14.1. The van der Waals surface area contributed by atoms with Gasteiger partial charge in [0.2, 0.25) is 0 Å². The van der Waals surface area contributed by atoms with Gasteiger partial charge in [-0.05, 0) is 25.0 Å². The number of rotatable bonds is 4. The molecule has 3 rings (SSSR count). The Bertz CT molecular complexity index is 735. The van der Waals surface area contributed by atoms with Crippen LogP contribution in [-0.4, -0.2) is 14.8 Å². The molecule has 3 aromatic rings. The molecule has 1 aromatic carbocycles. The van der Waals surface area contributed by atoms with Crippen molar-refractivity contribution in [3.63, 3.8) is 0 Å². The van der Waals surface area contributed by atoms with Gasteiger partial charge in [0.05, 0.1) is 21.5 Å². The maximum atomic E-state index is 6.27. The second-order valence-corrected chi connectivity index (χ2v) is 6.30. The van der Waals surface area contributed by atoms with Gasteiger partial charge in [-0.1, -0.05) is 26.0 Å². The molecule has 0 unspecified atom stereocenters. The second kappa shape index (κ2) is 5.48. The molecule has 21 heavy (non-hydrogen) atoms. The van der Waals surface area contributed by atoms with Crippen molar-refractivity contribution in [3.05, 3.63) is 30.0 Å². The maximum Gasteiger partial charge on any atom is 0.132 e. The Morgan fingerprint density at radius 1 is 1.24 bits per heavy atom. The standard InChI is InChI=1S/C16H20N4S/c1-4-10(5-2)14-13(15(17)20(3)19-14)16-18-11-8-6-7-9-12(11)21-16/h6-10H,4-5,17H2,1-3H3. The van der Waals surface area contributed by atoms with Crippen molar-refractivity contribution >= 4 is 27.4 Å². The number of aryl methyl sites for hydroxylation is 1. The van der Waals surface area contributed by atoms with Crippen LogP contribution in [0.5, 0.6) is 0 Å². The zero-order chi connectivity index (χ0) is 15.0. The molecule has 0 saturated carbocycles. The first-order valence-corrected chi connectivity index (χ1v) is 8.15. The highest BCUT2D eigenvalue weighted by Crippen LogP contribution is 2.39. The van der Waals surface area contributed by atoms with Crippen LogP contribution in [0.1, 0.15) is 38.3 Å². The molecular formula is C16H20N4S. The van der Waals surface area contributed by atoms with Crippen LogP contribution < -0.4 is 5.73 Å². The number of nitrogens with zero attached hydrogens (tertiary/aromatic N) is 3. The lowest BCUT2D eigenvalue weighted by molar-refractivity contribution is 0.605. The minimum absolute atomic E-state index is 0.426. The molecule has 0 aliphatic carbocycles. The molecule has 4 nitrogen and oxygen atoms in total. The van der Waals surface area contributed by atoms with Crippen molar-refractivity contribution in [1.82, 2.24) is 14.8 Å². The van der Waals surface area contributed by atoms with Gasteiger partial charge in [0.15, 0.2) is 0 Å². The minimum Gasteiger partial charge on any atom is -0.383 e. The van der Waals surface area contributed by atoms with Crippen LogP contribution in [0.2, 0.25) is 0 Å². The third kappa shape index (κ3) is 2.31. The second-order valence-electron chi connectivity index (χ2n) is 5.27. The SMILES string of the molecule is CCC(CC)c1nn(C)c(N)c1-c1nc2ccccc2s1. The average molecular weight is 300 g/mol. The highest BCUT2D eigenvalue weighted by Gasteiger charge is 2.23. The van der Waals surface area contributed by atoms with Gasteiger partial charge < -0.3 is 5.73 Å². The molecule has 0 fully saturated rings. The molecule has 110 valence electrons. The van der Waals surface area contributed by atoms with E-state index in [-0.39, 0.29) is 0 Å². The van der Waals surface area contributed by atoms with E-state index in [1.807, 2.05) is 25.2 Å². The van der Waals surface area contributed by atoms with Gasteiger partial charge in [0.25, 0.3) is 0 Å². The highest BCUT2D eigenvalue weighted by atomic mass is 32.1. The fourth-order valence-corrected chi connectivity index (χ4v) is 3.75. The summed E-state index contributed by atoms with van der Waals surface area (Å²) in [5.74, 6) is 1.13. The first-order valence-electron chi connectivity index (χ1n) is 7.34. The van der Waals surface area contributed by atoms with Crippen LogP contribution in [0.3, 0.4) is 0 Å². The van der Waals surface area contributed by atoms with E-state index in [9.17, 15) is 0 Å². The number of para-hydroxylation sites is 1. The molecule has 0 spiro atoms. The normalized spacial score (nSPS) is 11.6. The zero-order valence-electron chi connectivity index (χ0n) is 12.6. The summed E-state index contributed by atoms with van der Waals surface area (Å²) in [5, 5.41) is 5.63. The van der Waals surface area contributed by atoms with Crippen molar-refractivity contribution in [2.75, 3.05) is 5.73 Å². The molecule has 2 heterocycles. The van der Waals surface area contributed by atoms with Crippen molar-refractivity contribution in [3.8, 4) is 10.6 Å². The molecule has 0 amide bonds. The van der Waals surface area contributed by atoms with Crippen molar-refractivity contribution in [2.45, 2.75) is 32.6 Å². The number of hydrogen-bond acceptors (Lipinski definition) is 4. The summed E-state index contributed by atoms with van der Waals surface area (Å²) < 4.78 is 2.96. The number of thiazole rings is 1. The number of aromatic nitrogens is 3. The monoisotopic (exact) mass is 300 g/mol. The number of benzene rings is 1. The van der Waals surface area contributed by atoms with Gasteiger partial charge in [-0.3, -0.25) is 4.68 Å². The van der Waals surface area contributed by atoms with Gasteiger partial charge in [-0.2, -0.15) is 5.10 Å². The third-order valence-electron chi connectivity index (χ3n) is 4.00. The van der Waals surface area contributed by atoms with Crippen LogP contribution >= 0.6 is 11.3 Å². The van der Waals surface area contributed by atoms with E-state index in [2.05, 4.69) is 25.0 Å². The lowest BCUT2D eigenvalue weighted by Gasteiger charge is -2.10. The Hall–Kier alpha value is -1.88. The van der Waals surface area contributed by atoms with E-state index in [1.54, 1.807) is 16.0 Å². The summed E-state index contributed by atoms with van der Waals surface area (Å²) in [6.07, 6.45) is 2.12. The minimum atomic E-state index is 0.426. The third-order valence-corrected chi connectivity index (χ3v) is 5.05. The van der Waals surface area contributed by atoms with Gasteiger partial charge in [-0.25, -0.2) is 4.98 Å². The van der Waals surface area contributed by atoms with Crippen molar-refractivity contribution in [1.29, 1.82) is 0 Å². The van der Waals surface area contributed by atoms with E-state index >= 15 is 0 Å². The quantitative estimate of drug-likeness (QED) is 0.786. The predicted molar refractivity (Wildman–Crippen MR) is 89.6 cm³/mol. The Morgan fingerprint density at radius 3 is 2.62 bits per heavy atom. The summed E-state index contributed by atoms with van der Waals surface area (Å²) in [5.41, 5.74) is 9.40. The summed E-state index contributed by atoms with van der Waals surface area (Å²) in [7, 11) is 1.90. The maximum absolute atomic E-state index is 6.27. The summed E-state index contributed by atoms with van der Waals surface area (Å²) >= 11 is 1.69. The molecule has 0 aliphatic rings. The number of nitrogens with two attached hydrogens (primary N) is 1. The smallest absolute Gasteiger partial charge is 0.132 e. The molecule has 0 bridgehead atoms. The topological polar surface area (TPSA) is 56.7 Å². The van der Waals surface area contributed by atoms with Crippen LogP contribution in [0, 0.1) is 0 Å². The van der Waals surface area contributed by atoms with Gasteiger partial charge in [-0.15, -0.1) is 11.3 Å². The molecule has 0 aliphatic heterocycles. The summed E-state index contributed by atoms with van der Waals surface area (Å²) in [6.45, 7) is 4.39. The molecule has 2 aromatic heterocycles. The molecule has 5 heteroatoms. The van der Waals surface area contributed by atoms with E-state index in [1.165, 1.54) is 4.70 Å². The van der Waals surface area contributed by atoms with Crippen LogP contribution in [0.25, 0.3) is 20.8 Å². The Kier molecular flexibility index (Phi) is 3.68. The number of anilines is 1. The van der Waals surface area contributed by atoms with E-state index in [4.69, 9.17) is 10.7 Å².